The summed E-state index contributed by atoms with van der Waals surface area (Å²) in [5.74, 6) is -2.45. The first-order valence-electron chi connectivity index (χ1n) is 5.41. The number of carbonyl (C=O) groups excluding carboxylic acids is 2. The van der Waals surface area contributed by atoms with Crippen molar-refractivity contribution in [1.82, 2.24) is 0 Å². The molecule has 0 aliphatic heterocycles. The van der Waals surface area contributed by atoms with Crippen molar-refractivity contribution in [2.45, 2.75) is 13.8 Å². The molecular formula is C12H14O6. The van der Waals surface area contributed by atoms with Crippen LogP contribution in [0.1, 0.15) is 34.6 Å². The molecule has 0 saturated heterocycles. The Morgan fingerprint density at radius 1 is 0.944 bits per heavy atom. The highest BCUT2D eigenvalue weighted by molar-refractivity contribution is 5.98. The van der Waals surface area contributed by atoms with Crippen LogP contribution < -0.4 is 0 Å². The third-order valence-electron chi connectivity index (χ3n) is 2.10. The van der Waals surface area contributed by atoms with Crippen LogP contribution >= 0.6 is 0 Å². The van der Waals surface area contributed by atoms with Crippen LogP contribution in [0, 0.1) is 0 Å². The van der Waals surface area contributed by atoms with Crippen molar-refractivity contribution in [3.8, 4) is 11.5 Å². The second-order valence-electron chi connectivity index (χ2n) is 3.33. The standard InChI is InChI=1S/C12H14O6/c1-3-17-11(15)7-5-10(14)8(6-9(7)13)12(16)18-4-2/h5-6,13-14H,3-4H2,1-2H3. The molecule has 1 aromatic carbocycles. The Kier molecular flexibility index (Phi) is 4.53. The fourth-order valence-electron chi connectivity index (χ4n) is 1.32. The molecule has 0 heterocycles. The van der Waals surface area contributed by atoms with Gasteiger partial charge >= 0.3 is 11.9 Å². The summed E-state index contributed by atoms with van der Waals surface area (Å²) in [5, 5.41) is 19.2. The lowest BCUT2D eigenvalue weighted by atomic mass is 10.1. The van der Waals surface area contributed by atoms with E-state index < -0.39 is 23.4 Å². The maximum absolute atomic E-state index is 11.4. The summed E-state index contributed by atoms with van der Waals surface area (Å²) >= 11 is 0. The Labute approximate surface area is 104 Å². The second kappa shape index (κ2) is 5.90. The first-order chi connectivity index (χ1) is 8.51. The Morgan fingerprint density at radius 2 is 1.28 bits per heavy atom. The molecular weight excluding hydrogens is 240 g/mol. The molecule has 2 N–H and O–H groups in total. The molecule has 0 aromatic heterocycles. The molecule has 0 amide bonds. The highest BCUT2D eigenvalue weighted by Crippen LogP contribution is 2.28. The number of esters is 2. The van der Waals surface area contributed by atoms with Crippen molar-refractivity contribution in [3.05, 3.63) is 23.3 Å². The number of hydrogen-bond donors (Lipinski definition) is 2. The van der Waals surface area contributed by atoms with Gasteiger partial charge in [0.05, 0.1) is 13.2 Å². The van der Waals surface area contributed by atoms with Gasteiger partial charge in [0.2, 0.25) is 0 Å². The second-order valence-corrected chi connectivity index (χ2v) is 3.33. The predicted molar refractivity (Wildman–Crippen MR) is 61.7 cm³/mol. The van der Waals surface area contributed by atoms with E-state index in [1.807, 2.05) is 0 Å². The Hall–Kier alpha value is -2.24. The summed E-state index contributed by atoms with van der Waals surface area (Å²) < 4.78 is 9.37. The predicted octanol–water partition coefficient (Wildman–Crippen LogP) is 1.45. The van der Waals surface area contributed by atoms with E-state index in [1.165, 1.54) is 0 Å². The molecule has 6 nitrogen and oxygen atoms in total. The zero-order chi connectivity index (χ0) is 13.7. The molecule has 0 fully saturated rings. The monoisotopic (exact) mass is 254 g/mol. The average molecular weight is 254 g/mol. The Bertz CT molecular complexity index is 422. The topological polar surface area (TPSA) is 93.1 Å². The number of hydrogen-bond acceptors (Lipinski definition) is 6. The fraction of sp³-hybridized carbons (Fsp3) is 0.333. The number of rotatable bonds is 4. The van der Waals surface area contributed by atoms with E-state index in [0.29, 0.717) is 0 Å². The maximum Gasteiger partial charge on any atom is 0.342 e. The number of ether oxygens (including phenoxy) is 2. The van der Waals surface area contributed by atoms with Crippen molar-refractivity contribution in [2.75, 3.05) is 13.2 Å². The largest absolute Gasteiger partial charge is 0.507 e. The van der Waals surface area contributed by atoms with Gasteiger partial charge in [-0.25, -0.2) is 9.59 Å². The van der Waals surface area contributed by atoms with E-state index >= 15 is 0 Å². The third kappa shape index (κ3) is 2.91. The maximum atomic E-state index is 11.4. The molecule has 0 saturated carbocycles. The van der Waals surface area contributed by atoms with Crippen molar-refractivity contribution in [1.29, 1.82) is 0 Å². The number of phenolic OH excluding ortho intramolecular Hbond substituents is 2. The normalized spacial score (nSPS) is 9.89. The van der Waals surface area contributed by atoms with Crippen LogP contribution in [-0.2, 0) is 9.47 Å². The van der Waals surface area contributed by atoms with Gasteiger partial charge in [0, 0.05) is 0 Å². The van der Waals surface area contributed by atoms with E-state index in [4.69, 9.17) is 0 Å². The molecule has 0 bridgehead atoms. The zero-order valence-electron chi connectivity index (χ0n) is 10.1. The van der Waals surface area contributed by atoms with Crippen LogP contribution in [0.5, 0.6) is 11.5 Å². The summed E-state index contributed by atoms with van der Waals surface area (Å²) in [7, 11) is 0. The van der Waals surface area contributed by atoms with Crippen LogP contribution in [0.2, 0.25) is 0 Å². The first-order valence-corrected chi connectivity index (χ1v) is 5.41. The summed E-state index contributed by atoms with van der Waals surface area (Å²) in [6.07, 6.45) is 0. The van der Waals surface area contributed by atoms with Gasteiger partial charge in [-0.15, -0.1) is 0 Å². The van der Waals surface area contributed by atoms with Gasteiger partial charge in [0.15, 0.2) is 0 Å². The molecule has 0 atom stereocenters. The van der Waals surface area contributed by atoms with E-state index in [1.54, 1.807) is 13.8 Å². The third-order valence-corrected chi connectivity index (χ3v) is 2.10. The summed E-state index contributed by atoms with van der Waals surface area (Å²) in [6.45, 7) is 3.50. The molecule has 1 aromatic rings. The molecule has 18 heavy (non-hydrogen) atoms. The smallest absolute Gasteiger partial charge is 0.342 e. The van der Waals surface area contributed by atoms with Crippen LogP contribution in [0.3, 0.4) is 0 Å². The van der Waals surface area contributed by atoms with E-state index in [2.05, 4.69) is 9.47 Å². The summed E-state index contributed by atoms with van der Waals surface area (Å²) in [4.78, 5) is 22.8. The van der Waals surface area contributed by atoms with Gasteiger partial charge in [0.25, 0.3) is 0 Å². The molecule has 0 unspecified atom stereocenters. The number of benzene rings is 1. The van der Waals surface area contributed by atoms with Gasteiger partial charge in [-0.1, -0.05) is 0 Å². The van der Waals surface area contributed by atoms with Crippen molar-refractivity contribution in [3.63, 3.8) is 0 Å². The Balaban J connectivity index is 3.11. The molecule has 0 aliphatic carbocycles. The van der Waals surface area contributed by atoms with Gasteiger partial charge < -0.3 is 19.7 Å². The van der Waals surface area contributed by atoms with E-state index in [-0.39, 0.29) is 24.3 Å². The van der Waals surface area contributed by atoms with Gasteiger partial charge in [-0.05, 0) is 26.0 Å². The first kappa shape index (κ1) is 13.8. The molecule has 0 aliphatic rings. The van der Waals surface area contributed by atoms with Gasteiger partial charge in [-0.3, -0.25) is 0 Å². The van der Waals surface area contributed by atoms with Crippen molar-refractivity contribution >= 4 is 11.9 Å². The van der Waals surface area contributed by atoms with Gasteiger partial charge in [0.1, 0.15) is 22.6 Å². The Morgan fingerprint density at radius 3 is 1.56 bits per heavy atom. The average Bonchev–Trinajstić information content (AvgIpc) is 2.32. The fourth-order valence-corrected chi connectivity index (χ4v) is 1.32. The van der Waals surface area contributed by atoms with Crippen LogP contribution in [0.25, 0.3) is 0 Å². The summed E-state index contributed by atoms with van der Waals surface area (Å²) in [5.41, 5.74) is -0.412. The minimum absolute atomic E-state index is 0.138. The number of aromatic hydroxyl groups is 2. The van der Waals surface area contributed by atoms with Crippen molar-refractivity contribution < 1.29 is 29.3 Å². The highest BCUT2D eigenvalue weighted by Gasteiger charge is 2.20. The SMILES string of the molecule is CCOC(=O)c1cc(O)c(C(=O)OCC)cc1O. The van der Waals surface area contributed by atoms with Crippen LogP contribution in [0.15, 0.2) is 12.1 Å². The highest BCUT2D eigenvalue weighted by atomic mass is 16.5. The molecule has 98 valence electrons. The number of carbonyl (C=O) groups is 2. The van der Waals surface area contributed by atoms with E-state index in [0.717, 1.165) is 12.1 Å². The lowest BCUT2D eigenvalue weighted by Gasteiger charge is -2.08. The van der Waals surface area contributed by atoms with Crippen LogP contribution in [0.4, 0.5) is 0 Å². The van der Waals surface area contributed by atoms with Crippen molar-refractivity contribution in [2.24, 2.45) is 0 Å². The lowest BCUT2D eigenvalue weighted by molar-refractivity contribution is 0.0505. The minimum Gasteiger partial charge on any atom is -0.507 e. The molecule has 6 heteroatoms. The van der Waals surface area contributed by atoms with Gasteiger partial charge in [-0.2, -0.15) is 0 Å². The number of phenols is 2. The molecule has 0 spiro atoms. The van der Waals surface area contributed by atoms with Crippen LogP contribution in [-0.4, -0.2) is 35.4 Å². The summed E-state index contributed by atoms with van der Waals surface area (Å²) in [6, 6.07) is 1.94. The lowest BCUT2D eigenvalue weighted by Crippen LogP contribution is -2.08. The quantitative estimate of drug-likeness (QED) is 0.624. The zero-order valence-corrected chi connectivity index (χ0v) is 10.1. The minimum atomic E-state index is -0.777. The molecule has 1 rings (SSSR count). The molecule has 0 radical (unpaired) electrons. The van der Waals surface area contributed by atoms with E-state index in [9.17, 15) is 19.8 Å².